The van der Waals surface area contributed by atoms with Gasteiger partial charge in [-0.15, -0.1) is 0 Å². The van der Waals surface area contributed by atoms with Crippen LogP contribution in [-0.2, 0) is 15.6 Å². The molecule has 0 aromatic heterocycles. The summed E-state index contributed by atoms with van der Waals surface area (Å²) in [5, 5.41) is 0. The molecule has 0 atom stereocenters. The largest absolute Gasteiger partial charge is 0.465 e. The highest BCUT2D eigenvalue weighted by molar-refractivity contribution is 5.90. The second-order valence-corrected chi connectivity index (χ2v) is 9.42. The summed E-state index contributed by atoms with van der Waals surface area (Å²) in [7, 11) is 1.40. The maximum atomic E-state index is 11.6. The summed E-state index contributed by atoms with van der Waals surface area (Å²) in [4.78, 5) is 11.6. The van der Waals surface area contributed by atoms with E-state index in [1.165, 1.54) is 47.8 Å². The van der Waals surface area contributed by atoms with Crippen LogP contribution in [0.3, 0.4) is 0 Å². The Morgan fingerprint density at radius 2 is 1.50 bits per heavy atom. The molecule has 0 heterocycles. The molecule has 0 saturated heterocycles. The molecule has 1 aliphatic carbocycles. The number of esters is 1. The molecule has 0 spiro atoms. The fraction of sp³-hybridized carbons (Fsp3) is 0.423. The number of methoxy groups -OCH3 is 1. The first-order chi connectivity index (χ1) is 13.0. The van der Waals surface area contributed by atoms with Gasteiger partial charge in [0.1, 0.15) is 0 Å². The highest BCUT2D eigenvalue weighted by Gasteiger charge is 2.37. The monoisotopic (exact) mass is 376 g/mol. The van der Waals surface area contributed by atoms with E-state index < -0.39 is 0 Å². The van der Waals surface area contributed by atoms with Crippen LogP contribution in [0.2, 0.25) is 0 Å². The normalized spacial score (nSPS) is 17.8. The Bertz CT molecular complexity index is 928. The van der Waals surface area contributed by atoms with Gasteiger partial charge in [-0.25, -0.2) is 4.79 Å². The van der Waals surface area contributed by atoms with E-state index in [1.807, 2.05) is 24.3 Å². The molecule has 0 amide bonds. The first-order valence-corrected chi connectivity index (χ1v) is 10.1. The summed E-state index contributed by atoms with van der Waals surface area (Å²) in [6, 6.07) is 12.4. The van der Waals surface area contributed by atoms with E-state index in [0.717, 1.165) is 5.56 Å². The average molecular weight is 377 g/mol. The Hall–Kier alpha value is -2.35. The molecule has 28 heavy (non-hydrogen) atoms. The zero-order chi connectivity index (χ0) is 20.7. The molecule has 2 aromatic rings. The second-order valence-electron chi connectivity index (χ2n) is 9.42. The van der Waals surface area contributed by atoms with Crippen molar-refractivity contribution in [2.24, 2.45) is 0 Å². The third kappa shape index (κ3) is 3.78. The van der Waals surface area contributed by atoms with Crippen LogP contribution in [0.1, 0.15) is 85.6 Å². The lowest BCUT2D eigenvalue weighted by Crippen LogP contribution is -2.34. The molecule has 0 bridgehead atoms. The number of benzene rings is 2. The van der Waals surface area contributed by atoms with Crippen LogP contribution in [0.25, 0.3) is 11.6 Å². The van der Waals surface area contributed by atoms with Crippen molar-refractivity contribution in [3.8, 4) is 0 Å². The molecule has 0 N–H and O–H groups in total. The molecule has 0 aliphatic heterocycles. The number of hydrogen-bond acceptors (Lipinski definition) is 2. The Labute approximate surface area is 169 Å². The van der Waals surface area contributed by atoms with Crippen molar-refractivity contribution in [3.63, 3.8) is 0 Å². The highest BCUT2D eigenvalue weighted by Crippen LogP contribution is 2.47. The first kappa shape index (κ1) is 20.4. The third-order valence-electron chi connectivity index (χ3n) is 6.34. The van der Waals surface area contributed by atoms with E-state index >= 15 is 0 Å². The summed E-state index contributed by atoms with van der Waals surface area (Å²) >= 11 is 0. The maximum Gasteiger partial charge on any atom is 0.337 e. The third-order valence-corrected chi connectivity index (χ3v) is 6.34. The van der Waals surface area contributed by atoms with Crippen LogP contribution >= 0.6 is 0 Å². The zero-order valence-corrected chi connectivity index (χ0v) is 18.3. The van der Waals surface area contributed by atoms with Gasteiger partial charge in [-0.2, -0.15) is 0 Å². The molecular weight excluding hydrogens is 344 g/mol. The Kier molecular flexibility index (Phi) is 5.27. The highest BCUT2D eigenvalue weighted by atomic mass is 16.5. The fourth-order valence-corrected chi connectivity index (χ4v) is 4.31. The molecule has 0 unspecified atom stereocenters. The summed E-state index contributed by atoms with van der Waals surface area (Å²) in [5.74, 6) is -0.303. The van der Waals surface area contributed by atoms with Crippen molar-refractivity contribution in [1.82, 2.24) is 0 Å². The maximum absolute atomic E-state index is 11.6. The molecule has 0 saturated carbocycles. The van der Waals surface area contributed by atoms with E-state index in [2.05, 4.69) is 59.8 Å². The van der Waals surface area contributed by atoms with Crippen LogP contribution in [-0.4, -0.2) is 13.1 Å². The Morgan fingerprint density at radius 1 is 0.964 bits per heavy atom. The van der Waals surface area contributed by atoms with Crippen LogP contribution in [0, 0.1) is 6.92 Å². The zero-order valence-electron chi connectivity index (χ0n) is 18.3. The molecular formula is C26H32O2. The minimum Gasteiger partial charge on any atom is -0.465 e. The lowest BCUT2D eigenvalue weighted by molar-refractivity contribution is 0.0600. The van der Waals surface area contributed by atoms with E-state index in [1.54, 1.807) is 0 Å². The van der Waals surface area contributed by atoms with Gasteiger partial charge >= 0.3 is 5.97 Å². The average Bonchev–Trinajstić information content (AvgIpc) is 2.65. The summed E-state index contributed by atoms with van der Waals surface area (Å²) in [6.45, 7) is 13.8. The van der Waals surface area contributed by atoms with Crippen molar-refractivity contribution in [3.05, 3.63) is 69.8 Å². The number of hydrogen-bond donors (Lipinski definition) is 0. The van der Waals surface area contributed by atoms with Gasteiger partial charge in [-0.1, -0.05) is 58.0 Å². The Morgan fingerprint density at radius 3 is 2.04 bits per heavy atom. The Balaban J connectivity index is 2.02. The van der Waals surface area contributed by atoms with Crippen LogP contribution < -0.4 is 0 Å². The summed E-state index contributed by atoms with van der Waals surface area (Å²) in [5.41, 5.74) is 8.95. The molecule has 1 aliphatic rings. The van der Waals surface area contributed by atoms with Gasteiger partial charge in [0.05, 0.1) is 12.7 Å². The van der Waals surface area contributed by atoms with Gasteiger partial charge in [0, 0.05) is 0 Å². The minimum atomic E-state index is -0.303. The van der Waals surface area contributed by atoms with E-state index in [0.29, 0.717) is 5.56 Å². The number of carbonyl (C=O) groups excluding carboxylic acids is 1. The molecule has 148 valence electrons. The molecule has 2 aromatic carbocycles. The number of rotatable bonds is 3. The van der Waals surface area contributed by atoms with Crippen molar-refractivity contribution in [1.29, 1.82) is 0 Å². The second kappa shape index (κ2) is 7.24. The first-order valence-electron chi connectivity index (χ1n) is 10.1. The van der Waals surface area contributed by atoms with E-state index in [-0.39, 0.29) is 16.8 Å². The van der Waals surface area contributed by atoms with Gasteiger partial charge in [-0.3, -0.25) is 0 Å². The molecule has 3 rings (SSSR count). The predicted octanol–water partition coefficient (Wildman–Crippen LogP) is 6.69. The van der Waals surface area contributed by atoms with Crippen molar-refractivity contribution in [2.75, 3.05) is 7.11 Å². The number of fused-ring (bicyclic) bond motifs is 1. The lowest BCUT2D eigenvalue weighted by Gasteiger charge is -2.42. The van der Waals surface area contributed by atoms with Crippen LogP contribution in [0.5, 0.6) is 0 Å². The molecule has 0 radical (unpaired) electrons. The fourth-order valence-electron chi connectivity index (χ4n) is 4.31. The van der Waals surface area contributed by atoms with Crippen LogP contribution in [0.4, 0.5) is 0 Å². The van der Waals surface area contributed by atoms with Crippen molar-refractivity contribution < 1.29 is 9.53 Å². The van der Waals surface area contributed by atoms with Crippen molar-refractivity contribution in [2.45, 2.75) is 65.2 Å². The topological polar surface area (TPSA) is 26.3 Å². The number of allylic oxidation sites excluding steroid dienone is 1. The minimum absolute atomic E-state index is 0.204. The van der Waals surface area contributed by atoms with Gasteiger partial charge in [-0.05, 0) is 83.0 Å². The van der Waals surface area contributed by atoms with Gasteiger partial charge in [0.25, 0.3) is 0 Å². The molecule has 2 heteroatoms. The number of carbonyl (C=O) groups is 1. The molecule has 0 fully saturated rings. The quantitative estimate of drug-likeness (QED) is 0.440. The van der Waals surface area contributed by atoms with Gasteiger partial charge < -0.3 is 4.74 Å². The van der Waals surface area contributed by atoms with Crippen LogP contribution in [0.15, 0.2) is 36.4 Å². The lowest BCUT2D eigenvalue weighted by atomic mass is 9.62. The van der Waals surface area contributed by atoms with E-state index in [9.17, 15) is 4.79 Å². The van der Waals surface area contributed by atoms with Gasteiger partial charge in [0.2, 0.25) is 0 Å². The summed E-state index contributed by atoms with van der Waals surface area (Å²) in [6.07, 6.45) is 4.64. The molecule has 2 nitrogen and oxygen atoms in total. The van der Waals surface area contributed by atoms with Gasteiger partial charge in [0.15, 0.2) is 0 Å². The predicted molar refractivity (Wildman–Crippen MR) is 118 cm³/mol. The SMILES string of the molecule is COC(=O)c1ccc(/C=C(\C)c2cc3c(cc2C)C(C)(C)CCC3(C)C)cc1. The van der Waals surface area contributed by atoms with E-state index in [4.69, 9.17) is 4.74 Å². The smallest absolute Gasteiger partial charge is 0.337 e. The standard InChI is InChI=1S/C26H32O2/c1-17(14-19-8-10-20(11-9-19)24(27)28-7)21-16-23-22(15-18(21)2)25(3,4)12-13-26(23,5)6/h8-11,14-16H,12-13H2,1-7H3/b17-14+. The number of ether oxygens (including phenoxy) is 1. The van der Waals surface area contributed by atoms with Crippen molar-refractivity contribution >= 4 is 17.6 Å². The number of aryl methyl sites for hydroxylation is 1. The summed E-state index contributed by atoms with van der Waals surface area (Å²) < 4.78 is 4.78.